The molecule has 114 valence electrons. The highest BCUT2D eigenvalue weighted by Crippen LogP contribution is 2.35. The van der Waals surface area contributed by atoms with Crippen LogP contribution in [0.3, 0.4) is 0 Å². The lowest BCUT2D eigenvalue weighted by atomic mass is 9.84. The van der Waals surface area contributed by atoms with E-state index >= 15 is 0 Å². The normalized spacial score (nSPS) is 18.1. The van der Waals surface area contributed by atoms with Crippen molar-refractivity contribution in [3.05, 3.63) is 24.3 Å². The number of carbonyl (C=O) groups excluding carboxylic acids is 1. The molecule has 0 saturated carbocycles. The zero-order valence-electron chi connectivity index (χ0n) is 12.7. The minimum atomic E-state index is -1.00. The Kier molecular flexibility index (Phi) is 4.06. The Labute approximate surface area is 124 Å². The summed E-state index contributed by atoms with van der Waals surface area (Å²) < 4.78 is 0. The van der Waals surface area contributed by atoms with Gasteiger partial charge in [-0.3, -0.25) is 4.79 Å². The first kappa shape index (κ1) is 15.2. The van der Waals surface area contributed by atoms with Gasteiger partial charge in [0.1, 0.15) is 5.41 Å². The van der Waals surface area contributed by atoms with Crippen molar-refractivity contribution in [1.82, 2.24) is 0 Å². The van der Waals surface area contributed by atoms with Crippen LogP contribution in [0.1, 0.15) is 20.3 Å². The summed E-state index contributed by atoms with van der Waals surface area (Å²) in [7, 11) is 2.00. The van der Waals surface area contributed by atoms with Crippen LogP contribution in [-0.2, 0) is 4.79 Å². The molecule has 21 heavy (non-hydrogen) atoms. The van der Waals surface area contributed by atoms with Crippen LogP contribution in [0.15, 0.2) is 29.4 Å². The maximum Gasteiger partial charge on any atom is 0.240 e. The Bertz CT molecular complexity index is 573. The summed E-state index contributed by atoms with van der Waals surface area (Å²) in [5.41, 5.74) is 6.63. The SMILES string of the molecule is CCC(C)(C(=O)N1CCN(C)c2ccccc21)/C(N)=N/O. The monoisotopic (exact) mass is 290 g/mol. The number of rotatable bonds is 3. The standard InChI is InChI=1S/C15H22N4O2/c1-4-15(2,13(16)17-21)14(20)19-10-9-18(3)11-7-5-6-8-12(11)19/h5-8,21H,4,9-10H2,1-3H3,(H2,16,17). The topological polar surface area (TPSA) is 82.2 Å². The summed E-state index contributed by atoms with van der Waals surface area (Å²) in [4.78, 5) is 16.8. The van der Waals surface area contributed by atoms with Crippen molar-refractivity contribution in [2.24, 2.45) is 16.3 Å². The molecule has 0 aliphatic carbocycles. The first-order valence-electron chi connectivity index (χ1n) is 7.05. The molecule has 0 bridgehead atoms. The van der Waals surface area contributed by atoms with E-state index in [0.717, 1.165) is 17.9 Å². The molecule has 0 saturated heterocycles. The third-order valence-corrected chi connectivity index (χ3v) is 4.34. The molecule has 0 fully saturated rings. The Morgan fingerprint density at radius 1 is 1.38 bits per heavy atom. The number of hydrogen-bond donors (Lipinski definition) is 2. The van der Waals surface area contributed by atoms with Gasteiger partial charge in [-0.2, -0.15) is 0 Å². The quantitative estimate of drug-likeness (QED) is 0.384. The Morgan fingerprint density at radius 2 is 2.00 bits per heavy atom. The van der Waals surface area contributed by atoms with Gasteiger partial charge >= 0.3 is 0 Å². The van der Waals surface area contributed by atoms with E-state index < -0.39 is 5.41 Å². The highest BCUT2D eigenvalue weighted by Gasteiger charge is 2.41. The van der Waals surface area contributed by atoms with Gasteiger partial charge in [0.15, 0.2) is 5.84 Å². The van der Waals surface area contributed by atoms with Crippen LogP contribution < -0.4 is 15.5 Å². The number of nitrogens with zero attached hydrogens (tertiary/aromatic N) is 3. The third kappa shape index (κ3) is 2.41. The fourth-order valence-electron chi connectivity index (χ4n) is 2.57. The van der Waals surface area contributed by atoms with Crippen molar-refractivity contribution >= 4 is 23.1 Å². The average molecular weight is 290 g/mol. The van der Waals surface area contributed by atoms with Crippen molar-refractivity contribution in [3.8, 4) is 0 Å². The summed E-state index contributed by atoms with van der Waals surface area (Å²) in [5.74, 6) is -0.188. The van der Waals surface area contributed by atoms with E-state index in [1.165, 1.54) is 0 Å². The van der Waals surface area contributed by atoms with Gasteiger partial charge in [-0.25, -0.2) is 0 Å². The molecule has 1 heterocycles. The van der Waals surface area contributed by atoms with Crippen LogP contribution in [0.5, 0.6) is 0 Å². The van der Waals surface area contributed by atoms with Gasteiger partial charge in [-0.1, -0.05) is 24.2 Å². The van der Waals surface area contributed by atoms with E-state index in [2.05, 4.69) is 10.1 Å². The first-order valence-corrected chi connectivity index (χ1v) is 7.05. The number of fused-ring (bicyclic) bond motifs is 1. The zero-order chi connectivity index (χ0) is 15.6. The second-order valence-electron chi connectivity index (χ2n) is 5.54. The highest BCUT2D eigenvalue weighted by molar-refractivity contribution is 6.13. The molecule has 6 nitrogen and oxygen atoms in total. The molecule has 0 spiro atoms. The summed E-state index contributed by atoms with van der Waals surface area (Å²) in [5, 5.41) is 12.0. The molecule has 1 aliphatic heterocycles. The number of benzene rings is 1. The molecular formula is C15H22N4O2. The Hall–Kier alpha value is -2.24. The van der Waals surface area contributed by atoms with Crippen molar-refractivity contribution in [2.45, 2.75) is 20.3 Å². The van der Waals surface area contributed by atoms with Gasteiger partial charge in [-0.15, -0.1) is 0 Å². The molecule has 0 radical (unpaired) electrons. The van der Waals surface area contributed by atoms with E-state index in [9.17, 15) is 4.79 Å². The maximum atomic E-state index is 13.0. The van der Waals surface area contributed by atoms with Crippen LogP contribution >= 0.6 is 0 Å². The van der Waals surface area contributed by atoms with Gasteiger partial charge in [-0.05, 0) is 25.5 Å². The number of nitrogens with two attached hydrogens (primary N) is 1. The number of para-hydroxylation sites is 2. The second kappa shape index (κ2) is 5.63. The first-order chi connectivity index (χ1) is 9.95. The van der Waals surface area contributed by atoms with Gasteiger partial charge < -0.3 is 20.7 Å². The number of anilines is 2. The number of amidine groups is 1. The van der Waals surface area contributed by atoms with Gasteiger partial charge in [0.2, 0.25) is 5.91 Å². The van der Waals surface area contributed by atoms with Gasteiger partial charge in [0, 0.05) is 20.1 Å². The highest BCUT2D eigenvalue weighted by atomic mass is 16.4. The lowest BCUT2D eigenvalue weighted by Crippen LogP contribution is -2.53. The lowest BCUT2D eigenvalue weighted by molar-refractivity contribution is -0.124. The van der Waals surface area contributed by atoms with Crippen LogP contribution in [0.2, 0.25) is 0 Å². The van der Waals surface area contributed by atoms with Gasteiger partial charge in [0.25, 0.3) is 0 Å². The molecule has 0 aromatic heterocycles. The van der Waals surface area contributed by atoms with E-state index in [4.69, 9.17) is 10.9 Å². The summed E-state index contributed by atoms with van der Waals surface area (Å²) in [6.07, 6.45) is 0.468. The van der Waals surface area contributed by atoms with E-state index in [1.807, 2.05) is 38.2 Å². The fraction of sp³-hybridized carbons (Fsp3) is 0.467. The van der Waals surface area contributed by atoms with Crippen molar-refractivity contribution in [1.29, 1.82) is 0 Å². The van der Waals surface area contributed by atoms with Crippen molar-refractivity contribution < 1.29 is 10.0 Å². The number of carbonyl (C=O) groups is 1. The molecule has 1 aliphatic rings. The Morgan fingerprint density at radius 3 is 2.57 bits per heavy atom. The minimum Gasteiger partial charge on any atom is -0.409 e. The fourth-order valence-corrected chi connectivity index (χ4v) is 2.57. The minimum absolute atomic E-state index is 0.0496. The molecule has 1 aromatic carbocycles. The van der Waals surface area contributed by atoms with Gasteiger partial charge in [0.05, 0.1) is 11.4 Å². The summed E-state index contributed by atoms with van der Waals surface area (Å²) in [6, 6.07) is 7.77. The lowest BCUT2D eigenvalue weighted by Gasteiger charge is -2.39. The summed E-state index contributed by atoms with van der Waals surface area (Å²) in [6.45, 7) is 4.91. The van der Waals surface area contributed by atoms with E-state index in [0.29, 0.717) is 13.0 Å². The number of oxime groups is 1. The third-order valence-electron chi connectivity index (χ3n) is 4.34. The Balaban J connectivity index is 2.43. The molecule has 1 aromatic rings. The number of amides is 1. The van der Waals surface area contributed by atoms with Crippen molar-refractivity contribution in [2.75, 3.05) is 29.9 Å². The molecule has 2 rings (SSSR count). The van der Waals surface area contributed by atoms with Crippen LogP contribution in [0.25, 0.3) is 0 Å². The summed E-state index contributed by atoms with van der Waals surface area (Å²) >= 11 is 0. The van der Waals surface area contributed by atoms with Crippen molar-refractivity contribution in [3.63, 3.8) is 0 Å². The van der Waals surface area contributed by atoms with E-state index in [-0.39, 0.29) is 11.7 Å². The molecule has 1 amide bonds. The number of hydrogen-bond acceptors (Lipinski definition) is 4. The zero-order valence-corrected chi connectivity index (χ0v) is 12.7. The molecule has 1 atom stereocenters. The van der Waals surface area contributed by atoms with Crippen LogP contribution in [-0.4, -0.2) is 37.1 Å². The van der Waals surface area contributed by atoms with Crippen LogP contribution in [0, 0.1) is 5.41 Å². The molecule has 1 unspecified atom stereocenters. The van der Waals surface area contributed by atoms with Crippen LogP contribution in [0.4, 0.5) is 11.4 Å². The smallest absolute Gasteiger partial charge is 0.240 e. The largest absolute Gasteiger partial charge is 0.409 e. The predicted octanol–water partition coefficient (Wildman–Crippen LogP) is 1.63. The average Bonchev–Trinajstić information content (AvgIpc) is 2.53. The molecule has 6 heteroatoms. The molecular weight excluding hydrogens is 268 g/mol. The van der Waals surface area contributed by atoms with E-state index in [1.54, 1.807) is 11.8 Å². The molecule has 3 N–H and O–H groups in total. The predicted molar refractivity (Wildman–Crippen MR) is 83.9 cm³/mol. The maximum absolute atomic E-state index is 13.0. The number of likely N-dealkylation sites (N-methyl/N-ethyl adjacent to an activating group) is 1. The second-order valence-corrected chi connectivity index (χ2v) is 5.54.